The first-order valence-electron chi connectivity index (χ1n) is 3.34. The summed E-state index contributed by atoms with van der Waals surface area (Å²) >= 11 is 8.74. The monoisotopic (exact) mass is 250 g/mol. The largest absolute Gasteiger partial charge is 0.487 e. The van der Waals surface area contributed by atoms with Crippen LogP contribution in [0.1, 0.15) is 0 Å². The molecule has 1 aromatic rings. The van der Waals surface area contributed by atoms with Gasteiger partial charge in [0.15, 0.2) is 11.6 Å². The summed E-state index contributed by atoms with van der Waals surface area (Å²) in [5.74, 6) is 1.36. The van der Waals surface area contributed by atoms with Crippen LogP contribution >= 0.6 is 27.5 Å². The second-order valence-electron chi connectivity index (χ2n) is 2.04. The molecule has 0 saturated heterocycles. The maximum atomic E-state index is 5.55. The first-order valence-corrected chi connectivity index (χ1v) is 4.67. The van der Waals surface area contributed by atoms with E-state index in [4.69, 9.17) is 22.1 Å². The average molecular weight is 252 g/mol. The molecule has 0 aliphatic heterocycles. The Labute approximate surface area is 84.0 Å². The molecule has 0 bridgehead atoms. The van der Waals surface area contributed by atoms with Gasteiger partial charge in [0.1, 0.15) is 6.61 Å². The van der Waals surface area contributed by atoms with Crippen LogP contribution in [0.15, 0.2) is 16.7 Å². The molecule has 0 amide bonds. The lowest BCUT2D eigenvalue weighted by Gasteiger charge is -2.07. The molecule has 0 radical (unpaired) electrons. The van der Waals surface area contributed by atoms with Crippen molar-refractivity contribution in [2.24, 2.45) is 0 Å². The summed E-state index contributed by atoms with van der Waals surface area (Å²) in [6, 6.07) is 1.76. The smallest absolute Gasteiger partial charge is 0.175 e. The molecule has 0 atom stereocenters. The Hall–Kier alpha value is -0.480. The lowest BCUT2D eigenvalue weighted by molar-refractivity contribution is 0.341. The molecule has 3 nitrogen and oxygen atoms in total. The first-order chi connectivity index (χ1) is 5.75. The Morgan fingerprint density at radius 3 is 3.00 bits per heavy atom. The van der Waals surface area contributed by atoms with E-state index in [9.17, 15) is 0 Å². The van der Waals surface area contributed by atoms with Gasteiger partial charge in [-0.25, -0.2) is 4.98 Å². The highest BCUT2D eigenvalue weighted by Gasteiger charge is 2.05. The molecule has 1 heterocycles. The molecule has 0 unspecified atom stereocenters. The Balaban J connectivity index is 2.81. The molecule has 0 aliphatic rings. The minimum Gasteiger partial charge on any atom is -0.487 e. The van der Waals surface area contributed by atoms with Crippen LogP contribution in [0.5, 0.6) is 5.75 Å². The van der Waals surface area contributed by atoms with E-state index < -0.39 is 0 Å². The van der Waals surface area contributed by atoms with E-state index in [0.717, 1.165) is 4.47 Å². The number of nitrogens with zero attached hydrogens (tertiary/aromatic N) is 1. The van der Waals surface area contributed by atoms with E-state index in [1.165, 1.54) is 0 Å². The summed E-state index contributed by atoms with van der Waals surface area (Å²) in [6.45, 7) is 0.427. The Morgan fingerprint density at radius 1 is 1.67 bits per heavy atom. The minimum atomic E-state index is 0.370. The van der Waals surface area contributed by atoms with E-state index in [2.05, 4.69) is 20.9 Å². The van der Waals surface area contributed by atoms with Gasteiger partial charge in [-0.2, -0.15) is 0 Å². The van der Waals surface area contributed by atoms with E-state index in [1.807, 2.05) is 0 Å². The third kappa shape index (κ3) is 2.25. The van der Waals surface area contributed by atoms with Crippen molar-refractivity contribution in [3.8, 4) is 5.75 Å². The molecule has 1 aromatic heterocycles. The fourth-order valence-corrected chi connectivity index (χ4v) is 1.24. The van der Waals surface area contributed by atoms with Gasteiger partial charge in [0, 0.05) is 6.20 Å². The van der Waals surface area contributed by atoms with Crippen LogP contribution in [-0.4, -0.2) is 17.5 Å². The van der Waals surface area contributed by atoms with E-state index in [1.54, 1.807) is 12.3 Å². The molecular formula is C7H8BrClN2O. The van der Waals surface area contributed by atoms with Gasteiger partial charge < -0.3 is 10.5 Å². The minimum absolute atomic E-state index is 0.370. The second kappa shape index (κ2) is 4.52. The Morgan fingerprint density at radius 2 is 2.42 bits per heavy atom. The van der Waals surface area contributed by atoms with Crippen molar-refractivity contribution in [2.45, 2.75) is 0 Å². The van der Waals surface area contributed by atoms with E-state index in [-0.39, 0.29) is 0 Å². The fraction of sp³-hybridized carbons (Fsp3) is 0.286. The number of pyridine rings is 1. The van der Waals surface area contributed by atoms with Crippen LogP contribution in [0.25, 0.3) is 0 Å². The first kappa shape index (κ1) is 9.61. The normalized spacial score (nSPS) is 9.83. The number of aromatic nitrogens is 1. The summed E-state index contributed by atoms with van der Waals surface area (Å²) in [5.41, 5.74) is 5.55. The summed E-state index contributed by atoms with van der Waals surface area (Å²) in [7, 11) is 0. The number of rotatable bonds is 3. The molecule has 1 rings (SSSR count). The molecule has 66 valence electrons. The lowest BCUT2D eigenvalue weighted by Crippen LogP contribution is -2.02. The molecule has 5 heteroatoms. The zero-order valence-corrected chi connectivity index (χ0v) is 8.60. The maximum Gasteiger partial charge on any atom is 0.175 e. The van der Waals surface area contributed by atoms with Gasteiger partial charge in [-0.3, -0.25) is 0 Å². The van der Waals surface area contributed by atoms with Gasteiger partial charge in [-0.15, -0.1) is 11.6 Å². The van der Waals surface area contributed by atoms with Crippen molar-refractivity contribution in [3.63, 3.8) is 0 Å². The highest BCUT2D eigenvalue weighted by atomic mass is 79.9. The van der Waals surface area contributed by atoms with Crippen LogP contribution < -0.4 is 10.5 Å². The topological polar surface area (TPSA) is 48.1 Å². The predicted molar refractivity (Wildman–Crippen MR) is 52.6 cm³/mol. The molecule has 0 aromatic carbocycles. The van der Waals surface area contributed by atoms with Crippen LogP contribution in [0.4, 0.5) is 5.82 Å². The molecule has 2 N–H and O–H groups in total. The van der Waals surface area contributed by atoms with Gasteiger partial charge in [0.2, 0.25) is 0 Å². The van der Waals surface area contributed by atoms with Gasteiger partial charge in [-0.05, 0) is 22.0 Å². The molecule has 0 spiro atoms. The fourth-order valence-electron chi connectivity index (χ4n) is 0.723. The summed E-state index contributed by atoms with van der Waals surface area (Å²) in [4.78, 5) is 3.87. The zero-order valence-electron chi connectivity index (χ0n) is 6.26. The molecule has 0 fully saturated rings. The highest BCUT2D eigenvalue weighted by molar-refractivity contribution is 9.10. The van der Waals surface area contributed by atoms with Crippen LogP contribution in [0.3, 0.4) is 0 Å². The lowest BCUT2D eigenvalue weighted by atomic mass is 10.4. The van der Waals surface area contributed by atoms with Crippen molar-refractivity contribution in [2.75, 3.05) is 18.2 Å². The van der Waals surface area contributed by atoms with Crippen molar-refractivity contribution < 1.29 is 4.74 Å². The van der Waals surface area contributed by atoms with Gasteiger partial charge in [0.25, 0.3) is 0 Å². The maximum absolute atomic E-state index is 5.55. The summed E-state index contributed by atoms with van der Waals surface area (Å²) in [5, 5.41) is 0. The number of hydrogen-bond donors (Lipinski definition) is 1. The number of anilines is 1. The van der Waals surface area contributed by atoms with Crippen molar-refractivity contribution >= 4 is 33.3 Å². The summed E-state index contributed by atoms with van der Waals surface area (Å²) in [6.07, 6.45) is 1.60. The van der Waals surface area contributed by atoms with Crippen molar-refractivity contribution in [1.82, 2.24) is 4.98 Å². The van der Waals surface area contributed by atoms with Crippen LogP contribution in [0.2, 0.25) is 0 Å². The molecule has 0 aliphatic carbocycles. The SMILES string of the molecule is Nc1nccc(Br)c1OCCCl. The molecule has 12 heavy (non-hydrogen) atoms. The van der Waals surface area contributed by atoms with Gasteiger partial charge in [0.05, 0.1) is 10.4 Å². The number of nitrogen functional groups attached to an aromatic ring is 1. The molecule has 0 saturated carbocycles. The number of hydrogen-bond acceptors (Lipinski definition) is 3. The second-order valence-corrected chi connectivity index (χ2v) is 3.28. The third-order valence-corrected chi connectivity index (χ3v) is 1.99. The van der Waals surface area contributed by atoms with Gasteiger partial charge in [-0.1, -0.05) is 0 Å². The standard InChI is InChI=1S/C7H8BrClN2O/c8-5-1-3-11-7(10)6(5)12-4-2-9/h1,3H,2,4H2,(H2,10,11). The number of halogens is 2. The average Bonchev–Trinajstić information content (AvgIpc) is 2.04. The summed E-state index contributed by atoms with van der Waals surface area (Å²) < 4.78 is 6.04. The third-order valence-electron chi connectivity index (χ3n) is 1.21. The van der Waals surface area contributed by atoms with Crippen molar-refractivity contribution in [3.05, 3.63) is 16.7 Å². The van der Waals surface area contributed by atoms with E-state index in [0.29, 0.717) is 24.1 Å². The predicted octanol–water partition coefficient (Wildman–Crippen LogP) is 2.04. The van der Waals surface area contributed by atoms with Crippen LogP contribution in [0, 0.1) is 0 Å². The number of nitrogens with two attached hydrogens (primary N) is 1. The van der Waals surface area contributed by atoms with Gasteiger partial charge >= 0.3 is 0 Å². The van der Waals surface area contributed by atoms with E-state index >= 15 is 0 Å². The quantitative estimate of drug-likeness (QED) is 0.837. The molecular weight excluding hydrogens is 243 g/mol. The van der Waals surface area contributed by atoms with Crippen LogP contribution in [-0.2, 0) is 0 Å². The number of ether oxygens (including phenoxy) is 1. The highest BCUT2D eigenvalue weighted by Crippen LogP contribution is 2.28. The Bertz CT molecular complexity index is 249. The zero-order chi connectivity index (χ0) is 8.97. The number of alkyl halides is 1. The Kier molecular flexibility index (Phi) is 3.62. The van der Waals surface area contributed by atoms with Crippen molar-refractivity contribution in [1.29, 1.82) is 0 Å².